The van der Waals surface area contributed by atoms with Crippen LogP contribution in [0.1, 0.15) is 10.4 Å². The van der Waals surface area contributed by atoms with Gasteiger partial charge in [0.2, 0.25) is 5.89 Å². The van der Waals surface area contributed by atoms with Gasteiger partial charge in [0, 0.05) is 46.3 Å². The average Bonchev–Trinajstić information content (AvgIpc) is 3.45. The molecule has 38 heavy (non-hydrogen) atoms. The Morgan fingerprint density at radius 2 is 1.55 bits per heavy atom. The van der Waals surface area contributed by atoms with E-state index in [-0.39, 0.29) is 12.5 Å². The minimum Gasteiger partial charge on any atom is -0.444 e. The second kappa shape index (κ2) is 13.0. The number of amides is 1. The molecule has 12 heteroatoms. The van der Waals surface area contributed by atoms with Crippen molar-refractivity contribution < 1.29 is 18.7 Å². The van der Waals surface area contributed by atoms with Crippen LogP contribution >= 0.6 is 55.1 Å². The molecule has 1 N–H and O–H groups in total. The predicted molar refractivity (Wildman–Crippen MR) is 155 cm³/mol. The molecule has 5 rings (SSSR count). The maximum absolute atomic E-state index is 12.2. The minimum atomic E-state index is -0.504. The van der Waals surface area contributed by atoms with E-state index >= 15 is 0 Å². The van der Waals surface area contributed by atoms with Crippen molar-refractivity contribution >= 4 is 82.8 Å². The number of carbonyl (C=O) groups excluding carboxylic acids is 1. The van der Waals surface area contributed by atoms with Crippen molar-refractivity contribution in [3.8, 4) is 11.5 Å². The number of ether oxygens (including phenoxy) is 2. The van der Waals surface area contributed by atoms with E-state index in [9.17, 15) is 4.79 Å². The first-order chi connectivity index (χ1) is 18.3. The fourth-order valence-electron chi connectivity index (χ4n) is 3.46. The van der Waals surface area contributed by atoms with Gasteiger partial charge >= 0.3 is 0 Å². The molecule has 8 nitrogen and oxygen atoms in total. The van der Waals surface area contributed by atoms with E-state index < -0.39 is 6.29 Å². The molecule has 2 aromatic carbocycles. The average molecular weight is 683 g/mol. The molecule has 0 spiro atoms. The van der Waals surface area contributed by atoms with E-state index in [1.165, 1.54) is 26.7 Å². The van der Waals surface area contributed by atoms with E-state index in [1.54, 1.807) is 12.4 Å². The van der Waals surface area contributed by atoms with Gasteiger partial charge in [-0.2, -0.15) is 0 Å². The van der Waals surface area contributed by atoms with Crippen LogP contribution in [-0.2, 0) is 9.47 Å². The molecular formula is C26H20Br2Cl2N4O4. The SMILES string of the molecule is COC(CNC(=O)c1cnc2ccc(Br)cc2c1Cl)OC.Clc1c(-c2ncco2)cnc2ccc(Br)cc12. The van der Waals surface area contributed by atoms with Crippen molar-refractivity contribution in [2.24, 2.45) is 0 Å². The van der Waals surface area contributed by atoms with E-state index in [2.05, 4.69) is 52.1 Å². The summed E-state index contributed by atoms with van der Waals surface area (Å²) in [5.74, 6) is 0.151. The molecule has 3 aromatic heterocycles. The highest BCUT2D eigenvalue weighted by Crippen LogP contribution is 2.33. The third-order valence-corrected chi connectivity index (χ3v) is 7.19. The molecule has 0 saturated carbocycles. The Morgan fingerprint density at radius 1 is 0.947 bits per heavy atom. The van der Waals surface area contributed by atoms with Gasteiger partial charge in [-0.15, -0.1) is 0 Å². The number of benzene rings is 2. The summed E-state index contributed by atoms with van der Waals surface area (Å²) in [5, 5.41) is 5.25. The number of rotatable bonds is 6. The van der Waals surface area contributed by atoms with E-state index in [1.807, 2.05) is 36.4 Å². The van der Waals surface area contributed by atoms with Crippen LogP contribution in [0.2, 0.25) is 10.0 Å². The third kappa shape index (κ3) is 6.51. The zero-order valence-corrected chi connectivity index (χ0v) is 24.7. The summed E-state index contributed by atoms with van der Waals surface area (Å²) in [7, 11) is 3.00. The number of carbonyl (C=O) groups is 1. The summed E-state index contributed by atoms with van der Waals surface area (Å²) in [4.78, 5) is 24.8. The van der Waals surface area contributed by atoms with Crippen molar-refractivity contribution in [3.05, 3.63) is 85.8 Å². The Balaban J connectivity index is 0.000000180. The highest BCUT2D eigenvalue weighted by atomic mass is 79.9. The summed E-state index contributed by atoms with van der Waals surface area (Å²) >= 11 is 19.4. The van der Waals surface area contributed by atoms with Crippen molar-refractivity contribution in [1.82, 2.24) is 20.3 Å². The number of pyridine rings is 2. The lowest BCUT2D eigenvalue weighted by atomic mass is 10.1. The fraction of sp³-hybridized carbons (Fsp3) is 0.154. The van der Waals surface area contributed by atoms with Gasteiger partial charge in [-0.1, -0.05) is 55.1 Å². The van der Waals surface area contributed by atoms with Crippen LogP contribution in [0.3, 0.4) is 0 Å². The molecule has 0 fully saturated rings. The lowest BCUT2D eigenvalue weighted by molar-refractivity contribution is -0.0974. The molecule has 196 valence electrons. The summed E-state index contributed by atoms with van der Waals surface area (Å²) in [6, 6.07) is 11.3. The summed E-state index contributed by atoms with van der Waals surface area (Å²) in [5.41, 5.74) is 2.58. The number of halogens is 4. The molecular weight excluding hydrogens is 663 g/mol. The molecule has 0 radical (unpaired) electrons. The van der Waals surface area contributed by atoms with Gasteiger partial charge in [-0.05, 0) is 36.4 Å². The van der Waals surface area contributed by atoms with Gasteiger partial charge in [0.05, 0.1) is 44.9 Å². The largest absolute Gasteiger partial charge is 0.444 e. The molecule has 3 heterocycles. The third-order valence-electron chi connectivity index (χ3n) is 5.39. The maximum Gasteiger partial charge on any atom is 0.254 e. The number of oxazole rings is 1. The van der Waals surface area contributed by atoms with Crippen LogP contribution in [-0.4, -0.2) is 47.9 Å². The van der Waals surface area contributed by atoms with Crippen LogP contribution in [0, 0.1) is 0 Å². The quantitative estimate of drug-likeness (QED) is 0.188. The minimum absolute atomic E-state index is 0.221. The standard InChI is InChI=1S/C14H14BrClN2O3.C12H6BrClN2O/c1-20-12(21-2)7-18-14(19)10-6-17-11-4-3-8(15)5-9(11)13(10)16;13-7-1-2-10-8(5-7)11(14)9(6-16-10)12-15-3-4-17-12/h3-6,12H,7H2,1-2H3,(H,18,19);1-6H. The van der Waals surface area contributed by atoms with Gasteiger partial charge in [-0.3, -0.25) is 14.8 Å². The molecule has 0 saturated heterocycles. The molecule has 0 bridgehead atoms. The second-order valence-electron chi connectivity index (χ2n) is 7.74. The van der Waals surface area contributed by atoms with Crippen LogP contribution in [0.4, 0.5) is 0 Å². The Kier molecular flexibility index (Phi) is 9.69. The van der Waals surface area contributed by atoms with Gasteiger partial charge in [0.25, 0.3) is 5.91 Å². The van der Waals surface area contributed by atoms with Crippen molar-refractivity contribution in [1.29, 1.82) is 0 Å². The van der Waals surface area contributed by atoms with Gasteiger partial charge < -0.3 is 19.2 Å². The van der Waals surface area contributed by atoms with Crippen LogP contribution in [0.5, 0.6) is 0 Å². The summed E-state index contributed by atoms with van der Waals surface area (Å²) in [6.45, 7) is 0.221. The van der Waals surface area contributed by atoms with Gasteiger partial charge in [0.15, 0.2) is 6.29 Å². The highest BCUT2D eigenvalue weighted by Gasteiger charge is 2.16. The number of fused-ring (bicyclic) bond motifs is 2. The zero-order valence-electron chi connectivity index (χ0n) is 20.0. The first-order valence-electron chi connectivity index (χ1n) is 11.0. The predicted octanol–water partition coefficient (Wildman–Crippen LogP) is 7.31. The van der Waals surface area contributed by atoms with Crippen molar-refractivity contribution in [2.45, 2.75) is 6.29 Å². The van der Waals surface area contributed by atoms with Crippen LogP contribution < -0.4 is 5.32 Å². The number of nitrogens with zero attached hydrogens (tertiary/aromatic N) is 3. The van der Waals surface area contributed by atoms with E-state index in [0.717, 1.165) is 25.4 Å². The molecule has 0 aliphatic rings. The van der Waals surface area contributed by atoms with E-state index in [0.29, 0.717) is 32.4 Å². The molecule has 0 aliphatic carbocycles. The first kappa shape index (κ1) is 28.4. The smallest absolute Gasteiger partial charge is 0.254 e. The monoisotopic (exact) mass is 680 g/mol. The number of nitrogens with one attached hydrogen (secondary N) is 1. The van der Waals surface area contributed by atoms with Crippen LogP contribution in [0.25, 0.3) is 33.3 Å². The fourth-order valence-corrected chi connectivity index (χ4v) is 4.75. The Labute approximate surface area is 244 Å². The van der Waals surface area contributed by atoms with Crippen LogP contribution in [0.15, 0.2) is 74.6 Å². The van der Waals surface area contributed by atoms with Crippen molar-refractivity contribution in [2.75, 3.05) is 20.8 Å². The molecule has 0 atom stereocenters. The lowest BCUT2D eigenvalue weighted by Gasteiger charge is -2.14. The van der Waals surface area contributed by atoms with Gasteiger partial charge in [-0.25, -0.2) is 4.98 Å². The Hall–Kier alpha value is -2.60. The first-order valence-corrected chi connectivity index (χ1v) is 13.4. The Morgan fingerprint density at radius 3 is 2.13 bits per heavy atom. The molecule has 5 aromatic rings. The number of aromatic nitrogens is 3. The lowest BCUT2D eigenvalue weighted by Crippen LogP contribution is -2.34. The maximum atomic E-state index is 12.2. The van der Waals surface area contributed by atoms with E-state index in [4.69, 9.17) is 37.1 Å². The molecule has 0 aliphatic heterocycles. The number of methoxy groups -OCH3 is 2. The van der Waals surface area contributed by atoms with Gasteiger partial charge in [0.1, 0.15) is 6.26 Å². The topological polar surface area (TPSA) is 99.4 Å². The normalized spacial score (nSPS) is 11.0. The number of hydrogen-bond acceptors (Lipinski definition) is 7. The molecule has 0 unspecified atom stereocenters. The van der Waals surface area contributed by atoms with Crippen molar-refractivity contribution in [3.63, 3.8) is 0 Å². The second-order valence-corrected chi connectivity index (χ2v) is 10.3. The summed E-state index contributed by atoms with van der Waals surface area (Å²) < 4.78 is 17.1. The number of hydrogen-bond donors (Lipinski definition) is 1. The zero-order chi connectivity index (χ0) is 27.2. The summed E-state index contributed by atoms with van der Waals surface area (Å²) in [6.07, 6.45) is 5.72. The highest BCUT2D eigenvalue weighted by molar-refractivity contribution is 9.10. The molecule has 1 amide bonds. The Bertz CT molecular complexity index is 1580.